The Bertz CT molecular complexity index is 785. The highest BCUT2D eigenvalue weighted by atomic mass is 32.2. The van der Waals surface area contributed by atoms with Crippen LogP contribution < -0.4 is 4.72 Å². The molecule has 7 heteroatoms. The van der Waals surface area contributed by atoms with Crippen LogP contribution in [0.1, 0.15) is 36.7 Å². The second kappa shape index (κ2) is 7.12. The second-order valence-electron chi connectivity index (χ2n) is 5.61. The smallest absolute Gasteiger partial charge is 0.232 e. The molecule has 0 spiro atoms. The number of aromatic nitrogens is 2. The van der Waals surface area contributed by atoms with E-state index in [9.17, 15) is 12.8 Å². The maximum atomic E-state index is 13.3. The molecule has 1 heterocycles. The Morgan fingerprint density at radius 3 is 2.70 bits per heavy atom. The normalized spacial score (nSPS) is 11.7. The minimum Gasteiger partial charge on any atom is -0.280 e. The summed E-state index contributed by atoms with van der Waals surface area (Å²) in [5, 5.41) is 4.37. The van der Waals surface area contributed by atoms with Crippen LogP contribution in [0.4, 0.5) is 10.1 Å². The number of nitrogens with zero attached hydrogens (tertiary/aromatic N) is 2. The van der Waals surface area contributed by atoms with E-state index in [4.69, 9.17) is 0 Å². The van der Waals surface area contributed by atoms with Crippen LogP contribution in [0, 0.1) is 19.7 Å². The molecule has 0 unspecified atom stereocenters. The van der Waals surface area contributed by atoms with Gasteiger partial charge in [-0.05, 0) is 38.0 Å². The van der Waals surface area contributed by atoms with Gasteiger partial charge in [-0.25, -0.2) is 12.8 Å². The zero-order chi connectivity index (χ0) is 17.0. The van der Waals surface area contributed by atoms with Crippen LogP contribution in [0.2, 0.25) is 0 Å². The first kappa shape index (κ1) is 17.5. The number of nitrogens with one attached hydrogen (secondary N) is 1. The van der Waals surface area contributed by atoms with Crippen molar-refractivity contribution in [3.05, 3.63) is 47.0 Å². The Morgan fingerprint density at radius 1 is 1.30 bits per heavy atom. The minimum atomic E-state index is -3.37. The van der Waals surface area contributed by atoms with Crippen LogP contribution in [-0.2, 0) is 16.6 Å². The van der Waals surface area contributed by atoms with E-state index in [2.05, 4.69) is 9.82 Å². The molecular formula is C16H22FN3O2S. The van der Waals surface area contributed by atoms with Crippen LogP contribution in [0.25, 0.3) is 0 Å². The summed E-state index contributed by atoms with van der Waals surface area (Å²) in [7, 11) is -3.37. The maximum Gasteiger partial charge on any atom is 0.232 e. The molecule has 0 aliphatic rings. The van der Waals surface area contributed by atoms with Crippen molar-refractivity contribution in [3.8, 4) is 0 Å². The fourth-order valence-electron chi connectivity index (χ4n) is 2.35. The number of unbranched alkanes of at least 4 members (excludes halogenated alkanes) is 1. The lowest BCUT2D eigenvalue weighted by Gasteiger charge is -2.09. The first-order valence-corrected chi connectivity index (χ1v) is 9.26. The third kappa shape index (κ3) is 4.54. The molecule has 2 aromatic rings. The zero-order valence-electron chi connectivity index (χ0n) is 13.6. The molecule has 0 aliphatic heterocycles. The topological polar surface area (TPSA) is 64.0 Å². The molecule has 0 saturated carbocycles. The summed E-state index contributed by atoms with van der Waals surface area (Å²) in [4.78, 5) is 0. The maximum absolute atomic E-state index is 13.3. The highest BCUT2D eigenvalue weighted by Crippen LogP contribution is 2.22. The van der Waals surface area contributed by atoms with Crippen LogP contribution in [-0.4, -0.2) is 24.0 Å². The molecular weight excluding hydrogens is 317 g/mol. The summed E-state index contributed by atoms with van der Waals surface area (Å²) in [6.07, 6.45) is 1.43. The quantitative estimate of drug-likeness (QED) is 0.842. The lowest BCUT2D eigenvalue weighted by Crippen LogP contribution is -2.17. The second-order valence-corrected chi connectivity index (χ2v) is 7.45. The summed E-state index contributed by atoms with van der Waals surface area (Å²) in [5.74, 6) is -0.207. The van der Waals surface area contributed by atoms with Crippen molar-refractivity contribution in [2.45, 2.75) is 40.2 Å². The van der Waals surface area contributed by atoms with Gasteiger partial charge in [0.2, 0.25) is 10.0 Å². The Balaban J connectivity index is 2.22. The summed E-state index contributed by atoms with van der Waals surface area (Å²) < 4.78 is 41.7. The molecule has 1 aromatic heterocycles. The van der Waals surface area contributed by atoms with E-state index in [-0.39, 0.29) is 11.6 Å². The molecule has 2 rings (SSSR count). The predicted octanol–water partition coefficient (Wildman–Crippen LogP) is 3.23. The monoisotopic (exact) mass is 339 g/mol. The van der Waals surface area contributed by atoms with Gasteiger partial charge >= 0.3 is 0 Å². The van der Waals surface area contributed by atoms with E-state index in [1.54, 1.807) is 24.6 Å². The average Bonchev–Trinajstić information content (AvgIpc) is 2.73. The number of aryl methyl sites for hydroxylation is 1. The zero-order valence-corrected chi connectivity index (χ0v) is 14.5. The number of hydrogen-bond donors (Lipinski definition) is 1. The minimum absolute atomic E-state index is 0.0947. The average molecular weight is 339 g/mol. The van der Waals surface area contributed by atoms with E-state index in [0.29, 0.717) is 30.0 Å². The molecule has 0 saturated heterocycles. The molecule has 0 amide bonds. The summed E-state index contributed by atoms with van der Waals surface area (Å²) in [6, 6.07) is 6.29. The third-order valence-electron chi connectivity index (χ3n) is 3.63. The number of benzene rings is 1. The van der Waals surface area contributed by atoms with Crippen molar-refractivity contribution < 1.29 is 12.8 Å². The molecule has 5 nitrogen and oxygen atoms in total. The molecule has 23 heavy (non-hydrogen) atoms. The summed E-state index contributed by atoms with van der Waals surface area (Å²) in [5.41, 5.74) is 2.61. The third-order valence-corrected chi connectivity index (χ3v) is 4.97. The first-order valence-electron chi connectivity index (χ1n) is 7.61. The number of halogens is 1. The van der Waals surface area contributed by atoms with Gasteiger partial charge in [-0.15, -0.1) is 0 Å². The van der Waals surface area contributed by atoms with Gasteiger partial charge in [0.1, 0.15) is 5.82 Å². The Morgan fingerprint density at radius 2 is 2.04 bits per heavy atom. The summed E-state index contributed by atoms with van der Waals surface area (Å²) in [6.45, 7) is 5.90. The van der Waals surface area contributed by atoms with Crippen LogP contribution in [0.15, 0.2) is 24.3 Å². The number of rotatable bonds is 7. The van der Waals surface area contributed by atoms with Gasteiger partial charge in [-0.2, -0.15) is 5.10 Å². The fourth-order valence-corrected chi connectivity index (χ4v) is 3.72. The molecule has 0 aliphatic carbocycles. The van der Waals surface area contributed by atoms with Crippen LogP contribution in [0.3, 0.4) is 0 Å². The van der Waals surface area contributed by atoms with E-state index >= 15 is 0 Å². The van der Waals surface area contributed by atoms with Crippen molar-refractivity contribution in [3.63, 3.8) is 0 Å². The Hall–Kier alpha value is -1.89. The number of hydrogen-bond acceptors (Lipinski definition) is 3. The number of anilines is 1. The van der Waals surface area contributed by atoms with Gasteiger partial charge in [0.25, 0.3) is 0 Å². The van der Waals surface area contributed by atoms with Crippen molar-refractivity contribution in [1.29, 1.82) is 0 Å². The van der Waals surface area contributed by atoms with Gasteiger partial charge in [-0.1, -0.05) is 25.5 Å². The fraction of sp³-hybridized carbons (Fsp3) is 0.438. The molecule has 0 atom stereocenters. The SMILES string of the molecule is CCCCS(=O)(=O)Nc1c(C)nn(Cc2cccc(F)c2)c1C. The van der Waals surface area contributed by atoms with Gasteiger partial charge in [0, 0.05) is 0 Å². The van der Waals surface area contributed by atoms with E-state index in [1.165, 1.54) is 12.1 Å². The highest BCUT2D eigenvalue weighted by Gasteiger charge is 2.17. The van der Waals surface area contributed by atoms with Crippen LogP contribution >= 0.6 is 0 Å². The van der Waals surface area contributed by atoms with Gasteiger partial charge < -0.3 is 0 Å². The standard InChI is InChI=1S/C16H22FN3O2S/c1-4-5-9-23(21,22)19-16-12(2)18-20(13(16)3)11-14-7-6-8-15(17)10-14/h6-8,10,19H,4-5,9,11H2,1-3H3. The van der Waals surface area contributed by atoms with E-state index in [1.807, 2.05) is 13.0 Å². The van der Waals surface area contributed by atoms with Crippen molar-refractivity contribution in [2.75, 3.05) is 10.5 Å². The molecule has 0 fully saturated rings. The van der Waals surface area contributed by atoms with Gasteiger partial charge in [0.15, 0.2) is 0 Å². The predicted molar refractivity (Wildman–Crippen MR) is 89.5 cm³/mol. The summed E-state index contributed by atoms with van der Waals surface area (Å²) >= 11 is 0. The molecule has 0 bridgehead atoms. The highest BCUT2D eigenvalue weighted by molar-refractivity contribution is 7.92. The lowest BCUT2D eigenvalue weighted by molar-refractivity contribution is 0.597. The number of sulfonamides is 1. The molecule has 1 aromatic carbocycles. The molecule has 126 valence electrons. The largest absolute Gasteiger partial charge is 0.280 e. The Kier molecular flexibility index (Phi) is 5.41. The first-order chi connectivity index (χ1) is 10.8. The van der Waals surface area contributed by atoms with Gasteiger partial charge in [0.05, 0.1) is 29.4 Å². The van der Waals surface area contributed by atoms with Gasteiger partial charge in [-0.3, -0.25) is 9.40 Å². The molecule has 0 radical (unpaired) electrons. The van der Waals surface area contributed by atoms with Crippen molar-refractivity contribution in [1.82, 2.24) is 9.78 Å². The Labute approximate surface area is 136 Å². The van der Waals surface area contributed by atoms with E-state index < -0.39 is 10.0 Å². The van der Waals surface area contributed by atoms with E-state index in [0.717, 1.165) is 12.0 Å². The lowest BCUT2D eigenvalue weighted by atomic mass is 10.2. The van der Waals surface area contributed by atoms with Crippen molar-refractivity contribution in [2.24, 2.45) is 0 Å². The van der Waals surface area contributed by atoms with Crippen LogP contribution in [0.5, 0.6) is 0 Å². The molecule has 1 N–H and O–H groups in total. The van der Waals surface area contributed by atoms with Crippen molar-refractivity contribution >= 4 is 15.7 Å².